The number of thioether (sulfide) groups is 1. The van der Waals surface area contributed by atoms with E-state index >= 15 is 0 Å². The molecule has 0 saturated carbocycles. The quantitative estimate of drug-likeness (QED) is 0.804. The Labute approximate surface area is 121 Å². The summed E-state index contributed by atoms with van der Waals surface area (Å²) in [5.74, 6) is 0.837. The maximum atomic E-state index is 9.22. The van der Waals surface area contributed by atoms with Gasteiger partial charge in [0.15, 0.2) is 0 Å². The average molecular weight is 334 g/mol. The van der Waals surface area contributed by atoms with Gasteiger partial charge < -0.3 is 15.2 Å². The minimum atomic E-state index is 0.196. The monoisotopic (exact) mass is 333 g/mol. The van der Waals surface area contributed by atoms with E-state index in [0.717, 1.165) is 16.8 Å². The van der Waals surface area contributed by atoms with Gasteiger partial charge in [-0.2, -0.15) is 11.8 Å². The number of ether oxygens (including phenoxy) is 1. The van der Waals surface area contributed by atoms with Crippen LogP contribution >= 0.6 is 27.7 Å². The summed E-state index contributed by atoms with van der Waals surface area (Å²) >= 11 is 5.15. The van der Waals surface area contributed by atoms with E-state index in [4.69, 9.17) is 4.74 Å². The van der Waals surface area contributed by atoms with E-state index in [9.17, 15) is 5.11 Å². The zero-order valence-corrected chi connectivity index (χ0v) is 13.3. The Hall–Kier alpha value is -0.230. The lowest BCUT2D eigenvalue weighted by atomic mass is 10.2. The van der Waals surface area contributed by atoms with Crippen molar-refractivity contribution < 1.29 is 9.84 Å². The van der Waals surface area contributed by atoms with Gasteiger partial charge in [-0.05, 0) is 46.8 Å². The fourth-order valence-electron chi connectivity index (χ4n) is 1.67. The molecule has 2 N–H and O–H groups in total. The van der Waals surface area contributed by atoms with Gasteiger partial charge in [0.1, 0.15) is 5.75 Å². The van der Waals surface area contributed by atoms with E-state index in [1.807, 2.05) is 24.5 Å². The highest BCUT2D eigenvalue weighted by molar-refractivity contribution is 9.10. The van der Waals surface area contributed by atoms with Crippen LogP contribution in [0.4, 0.5) is 0 Å². The van der Waals surface area contributed by atoms with Crippen molar-refractivity contribution in [2.24, 2.45) is 0 Å². The molecule has 2 unspecified atom stereocenters. The van der Waals surface area contributed by atoms with Crippen LogP contribution in [0.15, 0.2) is 22.7 Å². The highest BCUT2D eigenvalue weighted by Gasteiger charge is 2.14. The molecule has 0 radical (unpaired) electrons. The third-order valence-corrected chi connectivity index (χ3v) is 4.67. The van der Waals surface area contributed by atoms with Crippen LogP contribution in [0.2, 0.25) is 0 Å². The lowest BCUT2D eigenvalue weighted by Gasteiger charge is -2.21. The van der Waals surface area contributed by atoms with E-state index in [-0.39, 0.29) is 17.9 Å². The number of nitrogens with one attached hydrogen (secondary N) is 1. The highest BCUT2D eigenvalue weighted by Crippen LogP contribution is 2.25. The van der Waals surface area contributed by atoms with Crippen molar-refractivity contribution in [1.29, 1.82) is 0 Å². The third kappa shape index (κ3) is 4.46. The first-order chi connectivity index (χ1) is 8.62. The second-order valence-corrected chi connectivity index (χ2v) is 6.03. The molecule has 1 aromatic carbocycles. The van der Waals surface area contributed by atoms with Gasteiger partial charge >= 0.3 is 0 Å². The number of halogens is 1. The Kier molecular flexibility index (Phi) is 7.07. The third-order valence-electron chi connectivity index (χ3n) is 2.88. The Morgan fingerprint density at radius 3 is 2.72 bits per heavy atom. The average Bonchev–Trinajstić information content (AvgIpc) is 2.38. The van der Waals surface area contributed by atoms with E-state index in [0.29, 0.717) is 0 Å². The molecule has 0 fully saturated rings. The number of aliphatic hydroxyl groups excluding tert-OH is 1. The topological polar surface area (TPSA) is 41.5 Å². The van der Waals surface area contributed by atoms with Crippen molar-refractivity contribution in [1.82, 2.24) is 5.32 Å². The molecule has 0 aliphatic rings. The first kappa shape index (κ1) is 15.8. The molecule has 0 spiro atoms. The van der Waals surface area contributed by atoms with Gasteiger partial charge in [-0.3, -0.25) is 0 Å². The summed E-state index contributed by atoms with van der Waals surface area (Å²) < 4.78 is 6.15. The Morgan fingerprint density at radius 2 is 2.22 bits per heavy atom. The summed E-state index contributed by atoms with van der Waals surface area (Å²) in [5, 5.41) is 12.9. The van der Waals surface area contributed by atoms with Gasteiger partial charge in [-0.25, -0.2) is 0 Å². The Morgan fingerprint density at radius 1 is 1.50 bits per heavy atom. The number of methoxy groups -OCH3 is 1. The normalized spacial score (nSPS) is 14.3. The highest BCUT2D eigenvalue weighted by atomic mass is 79.9. The van der Waals surface area contributed by atoms with Crippen molar-refractivity contribution in [3.63, 3.8) is 0 Å². The van der Waals surface area contributed by atoms with Crippen LogP contribution in [0.3, 0.4) is 0 Å². The predicted octanol–water partition coefficient (Wildman–Crippen LogP) is 2.66. The fourth-order valence-corrected chi connectivity index (χ4v) is 2.91. The first-order valence-electron chi connectivity index (χ1n) is 5.81. The molecular weight excluding hydrogens is 314 g/mol. The molecule has 0 aromatic heterocycles. The molecule has 18 heavy (non-hydrogen) atoms. The van der Waals surface area contributed by atoms with Gasteiger partial charge in [0.05, 0.1) is 18.2 Å². The maximum Gasteiger partial charge on any atom is 0.133 e. The summed E-state index contributed by atoms with van der Waals surface area (Å²) in [6, 6.07) is 6.30. The summed E-state index contributed by atoms with van der Waals surface area (Å²) in [6.07, 6.45) is 2.02. The molecule has 2 atom stereocenters. The Balaban J connectivity index is 2.55. The minimum Gasteiger partial charge on any atom is -0.496 e. The van der Waals surface area contributed by atoms with Gasteiger partial charge in [0.2, 0.25) is 0 Å². The van der Waals surface area contributed by atoms with Crippen LogP contribution in [0.1, 0.15) is 12.5 Å². The van der Waals surface area contributed by atoms with Crippen LogP contribution in [0.5, 0.6) is 5.75 Å². The molecule has 0 aliphatic heterocycles. The molecule has 0 heterocycles. The van der Waals surface area contributed by atoms with Crippen LogP contribution in [-0.4, -0.2) is 36.4 Å². The summed E-state index contributed by atoms with van der Waals surface area (Å²) in [6.45, 7) is 3.07. The molecule has 5 heteroatoms. The molecule has 0 aliphatic carbocycles. The predicted molar refractivity (Wildman–Crippen MR) is 81.4 cm³/mol. The number of rotatable bonds is 7. The molecule has 102 valence electrons. The molecule has 0 amide bonds. The van der Waals surface area contributed by atoms with Crippen molar-refractivity contribution in [2.45, 2.75) is 24.8 Å². The largest absolute Gasteiger partial charge is 0.496 e. The molecule has 1 rings (SSSR count). The standard InChI is InChI=1S/C13H20BrNO2S/c1-9(13(8-16)18-3)15-7-10-4-5-12(17-2)11(14)6-10/h4-6,9,13,15-16H,7-8H2,1-3H3. The van der Waals surface area contributed by atoms with E-state index < -0.39 is 0 Å². The second kappa shape index (κ2) is 8.04. The summed E-state index contributed by atoms with van der Waals surface area (Å²) in [5.41, 5.74) is 1.19. The molecule has 1 aromatic rings. The van der Waals surface area contributed by atoms with Crippen molar-refractivity contribution in [3.05, 3.63) is 28.2 Å². The molecule has 3 nitrogen and oxygen atoms in total. The SMILES string of the molecule is COc1ccc(CNC(C)C(CO)SC)cc1Br. The van der Waals surface area contributed by atoms with Crippen LogP contribution in [-0.2, 0) is 6.54 Å². The first-order valence-corrected chi connectivity index (χ1v) is 7.90. The number of aliphatic hydroxyl groups is 1. The van der Waals surface area contributed by atoms with Crippen molar-refractivity contribution >= 4 is 27.7 Å². The van der Waals surface area contributed by atoms with Crippen LogP contribution < -0.4 is 10.1 Å². The van der Waals surface area contributed by atoms with Gasteiger partial charge in [0.25, 0.3) is 0 Å². The van der Waals surface area contributed by atoms with E-state index in [1.165, 1.54) is 5.56 Å². The second-order valence-electron chi connectivity index (χ2n) is 4.10. The zero-order valence-electron chi connectivity index (χ0n) is 10.9. The van der Waals surface area contributed by atoms with Gasteiger partial charge in [-0.15, -0.1) is 0 Å². The zero-order chi connectivity index (χ0) is 13.5. The maximum absolute atomic E-state index is 9.22. The number of benzene rings is 1. The lowest BCUT2D eigenvalue weighted by Crippen LogP contribution is -2.37. The van der Waals surface area contributed by atoms with Crippen molar-refractivity contribution in [2.75, 3.05) is 20.0 Å². The van der Waals surface area contributed by atoms with E-state index in [2.05, 4.69) is 28.2 Å². The number of hydrogen-bond donors (Lipinski definition) is 2. The minimum absolute atomic E-state index is 0.196. The smallest absolute Gasteiger partial charge is 0.133 e. The van der Waals surface area contributed by atoms with Crippen LogP contribution in [0.25, 0.3) is 0 Å². The molecule has 0 bridgehead atoms. The lowest BCUT2D eigenvalue weighted by molar-refractivity contribution is 0.276. The number of hydrogen-bond acceptors (Lipinski definition) is 4. The van der Waals surface area contributed by atoms with Gasteiger partial charge in [0, 0.05) is 17.8 Å². The Bertz CT molecular complexity index is 372. The summed E-state index contributed by atoms with van der Waals surface area (Å²) in [7, 11) is 1.66. The van der Waals surface area contributed by atoms with Crippen molar-refractivity contribution in [3.8, 4) is 5.75 Å². The summed E-state index contributed by atoms with van der Waals surface area (Å²) in [4.78, 5) is 0. The van der Waals surface area contributed by atoms with Crippen LogP contribution in [0, 0.1) is 0 Å². The molecular formula is C13H20BrNO2S. The van der Waals surface area contributed by atoms with Gasteiger partial charge in [-0.1, -0.05) is 6.07 Å². The molecule has 0 saturated heterocycles. The van der Waals surface area contributed by atoms with E-state index in [1.54, 1.807) is 18.9 Å². The fraction of sp³-hybridized carbons (Fsp3) is 0.538.